The van der Waals surface area contributed by atoms with Gasteiger partial charge >= 0.3 is 5.97 Å². The summed E-state index contributed by atoms with van der Waals surface area (Å²) in [5, 5.41) is 9.09. The Labute approximate surface area is 155 Å². The Balaban J connectivity index is 2.10. The summed E-state index contributed by atoms with van der Waals surface area (Å²) < 4.78 is 27.0. The number of carboxylic acids is 1. The zero-order chi connectivity index (χ0) is 19.8. The van der Waals surface area contributed by atoms with Gasteiger partial charge in [-0.15, -0.1) is 0 Å². The molecular formula is C19H18N2O5S. The lowest BCUT2D eigenvalue weighted by atomic mass is 10.1. The number of fused-ring (bicyclic) bond motifs is 1. The number of H-pyrrole nitrogens is 1. The van der Waals surface area contributed by atoms with Crippen LogP contribution in [0.4, 0.5) is 5.69 Å². The van der Waals surface area contributed by atoms with Crippen LogP contribution in [0.2, 0.25) is 0 Å². The summed E-state index contributed by atoms with van der Waals surface area (Å²) in [5.41, 5.74) is 0.756. The molecule has 0 aliphatic heterocycles. The molecule has 0 spiro atoms. The highest BCUT2D eigenvalue weighted by Crippen LogP contribution is 2.24. The van der Waals surface area contributed by atoms with Crippen LogP contribution >= 0.6 is 0 Å². The van der Waals surface area contributed by atoms with E-state index in [2.05, 4.69) is 4.98 Å². The van der Waals surface area contributed by atoms with E-state index >= 15 is 0 Å². The molecule has 7 nitrogen and oxygen atoms in total. The summed E-state index contributed by atoms with van der Waals surface area (Å²) in [6.45, 7) is 2.01. The number of benzene rings is 2. The van der Waals surface area contributed by atoms with E-state index < -0.39 is 27.0 Å². The molecule has 0 aliphatic carbocycles. The first-order valence-electron chi connectivity index (χ1n) is 8.22. The second-order valence-electron chi connectivity index (χ2n) is 6.04. The first kappa shape index (κ1) is 18.7. The summed E-state index contributed by atoms with van der Waals surface area (Å²) in [5.74, 6) is -1.38. The number of aromatic nitrogens is 1. The maximum Gasteiger partial charge on any atom is 0.341 e. The average molecular weight is 386 g/mol. The predicted molar refractivity (Wildman–Crippen MR) is 103 cm³/mol. The molecular weight excluding hydrogens is 368 g/mol. The monoisotopic (exact) mass is 386 g/mol. The highest BCUT2D eigenvalue weighted by Gasteiger charge is 2.22. The number of carboxylic acid groups (broad SMARTS) is 1. The van der Waals surface area contributed by atoms with Crippen LogP contribution in [0, 0.1) is 0 Å². The largest absolute Gasteiger partial charge is 0.477 e. The number of nitrogens with one attached hydrogen (secondary N) is 1. The van der Waals surface area contributed by atoms with Crippen molar-refractivity contribution in [2.24, 2.45) is 0 Å². The van der Waals surface area contributed by atoms with Gasteiger partial charge in [0.25, 0.3) is 10.0 Å². The van der Waals surface area contributed by atoms with Crippen LogP contribution in [-0.4, -0.2) is 31.5 Å². The minimum absolute atomic E-state index is 0.00528. The minimum Gasteiger partial charge on any atom is -0.477 e. The number of anilines is 1. The number of aromatic carboxylic acids is 1. The third-order valence-electron chi connectivity index (χ3n) is 4.45. The number of carbonyl (C=O) groups is 1. The van der Waals surface area contributed by atoms with Crippen molar-refractivity contribution in [1.29, 1.82) is 0 Å². The maximum atomic E-state index is 13.0. The van der Waals surface area contributed by atoms with E-state index in [-0.39, 0.29) is 10.3 Å². The number of nitrogens with zero attached hydrogens (tertiary/aromatic N) is 1. The van der Waals surface area contributed by atoms with Crippen molar-refractivity contribution in [3.05, 3.63) is 70.0 Å². The van der Waals surface area contributed by atoms with Gasteiger partial charge in [0.1, 0.15) is 5.56 Å². The second-order valence-corrected chi connectivity index (χ2v) is 8.01. The van der Waals surface area contributed by atoms with Gasteiger partial charge in [0.15, 0.2) is 0 Å². The van der Waals surface area contributed by atoms with Crippen molar-refractivity contribution >= 4 is 32.6 Å². The van der Waals surface area contributed by atoms with E-state index in [1.54, 1.807) is 12.1 Å². The Bertz CT molecular complexity index is 1180. The Kier molecular flexibility index (Phi) is 4.75. The average Bonchev–Trinajstić information content (AvgIpc) is 2.67. The Morgan fingerprint density at radius 3 is 2.41 bits per heavy atom. The topological polar surface area (TPSA) is 108 Å². The molecule has 1 aromatic heterocycles. The van der Waals surface area contributed by atoms with E-state index in [4.69, 9.17) is 5.11 Å². The van der Waals surface area contributed by atoms with E-state index in [1.165, 1.54) is 25.2 Å². The van der Waals surface area contributed by atoms with Gasteiger partial charge in [-0.2, -0.15) is 0 Å². The Morgan fingerprint density at radius 1 is 1.15 bits per heavy atom. The van der Waals surface area contributed by atoms with Crippen molar-refractivity contribution in [3.8, 4) is 0 Å². The number of aromatic amines is 1. The minimum atomic E-state index is -3.92. The number of hydrogen-bond acceptors (Lipinski definition) is 4. The molecule has 2 N–H and O–H groups in total. The SMILES string of the molecule is CCc1ccc(N(C)S(=O)(=O)c2ccc3[nH]cc(C(=O)O)c(=O)c3c2)cc1. The van der Waals surface area contributed by atoms with E-state index in [9.17, 15) is 18.0 Å². The van der Waals surface area contributed by atoms with Crippen molar-refractivity contribution in [2.45, 2.75) is 18.2 Å². The molecule has 2 aromatic carbocycles. The molecule has 0 aliphatic rings. The van der Waals surface area contributed by atoms with E-state index in [1.807, 2.05) is 19.1 Å². The van der Waals surface area contributed by atoms with Gasteiger partial charge < -0.3 is 10.1 Å². The molecule has 0 atom stereocenters. The van der Waals surface area contributed by atoms with E-state index in [0.29, 0.717) is 11.2 Å². The molecule has 1 heterocycles. The van der Waals surface area contributed by atoms with Crippen molar-refractivity contribution in [2.75, 3.05) is 11.4 Å². The van der Waals surface area contributed by atoms with Gasteiger partial charge in [-0.05, 0) is 42.3 Å². The summed E-state index contributed by atoms with van der Waals surface area (Å²) in [7, 11) is -2.49. The van der Waals surface area contributed by atoms with Gasteiger partial charge in [0, 0.05) is 24.1 Å². The lowest BCUT2D eigenvalue weighted by molar-refractivity contribution is 0.0695. The highest BCUT2D eigenvalue weighted by molar-refractivity contribution is 7.92. The van der Waals surface area contributed by atoms with Crippen LogP contribution in [-0.2, 0) is 16.4 Å². The quantitative estimate of drug-likeness (QED) is 0.701. The molecule has 8 heteroatoms. The molecule has 0 bridgehead atoms. The standard InChI is InChI=1S/C19H18N2O5S/c1-3-12-4-6-13(7-5-12)21(2)27(25,26)14-8-9-17-15(10-14)18(22)16(11-20-17)19(23)24/h4-11H,3H2,1-2H3,(H,20,22)(H,23,24). The molecule has 27 heavy (non-hydrogen) atoms. The second kappa shape index (κ2) is 6.88. The molecule has 0 amide bonds. The van der Waals surface area contributed by atoms with Gasteiger partial charge in [0.05, 0.1) is 10.6 Å². The fourth-order valence-corrected chi connectivity index (χ4v) is 3.98. The lowest BCUT2D eigenvalue weighted by Gasteiger charge is -2.20. The molecule has 0 unspecified atom stereocenters. The maximum absolute atomic E-state index is 13.0. The molecule has 140 valence electrons. The molecule has 3 rings (SSSR count). The molecule has 0 radical (unpaired) electrons. The summed E-state index contributed by atoms with van der Waals surface area (Å²) in [6, 6.07) is 11.2. The Morgan fingerprint density at radius 2 is 1.81 bits per heavy atom. The van der Waals surface area contributed by atoms with Crippen molar-refractivity contribution in [3.63, 3.8) is 0 Å². The van der Waals surface area contributed by atoms with E-state index in [0.717, 1.165) is 22.5 Å². The third kappa shape index (κ3) is 3.31. The first-order chi connectivity index (χ1) is 12.8. The molecule has 0 saturated carbocycles. The van der Waals surface area contributed by atoms with Gasteiger partial charge in [-0.1, -0.05) is 19.1 Å². The zero-order valence-electron chi connectivity index (χ0n) is 14.8. The van der Waals surface area contributed by atoms with Gasteiger partial charge in [-0.3, -0.25) is 9.10 Å². The number of aryl methyl sites for hydroxylation is 1. The fraction of sp³-hybridized carbons (Fsp3) is 0.158. The first-order valence-corrected chi connectivity index (χ1v) is 9.66. The van der Waals surface area contributed by atoms with Crippen LogP contribution < -0.4 is 9.73 Å². The van der Waals surface area contributed by atoms with Crippen LogP contribution in [0.3, 0.4) is 0 Å². The fourth-order valence-electron chi connectivity index (χ4n) is 2.76. The van der Waals surface area contributed by atoms with Crippen LogP contribution in [0.5, 0.6) is 0 Å². The van der Waals surface area contributed by atoms with Crippen molar-refractivity contribution < 1.29 is 18.3 Å². The summed E-state index contributed by atoms with van der Waals surface area (Å²) in [6.07, 6.45) is 1.94. The summed E-state index contributed by atoms with van der Waals surface area (Å²) in [4.78, 5) is 26.1. The number of rotatable bonds is 5. The van der Waals surface area contributed by atoms with Crippen molar-refractivity contribution in [1.82, 2.24) is 4.98 Å². The highest BCUT2D eigenvalue weighted by atomic mass is 32.2. The van der Waals surface area contributed by atoms with Crippen LogP contribution in [0.1, 0.15) is 22.8 Å². The van der Waals surface area contributed by atoms with Crippen LogP contribution in [0.25, 0.3) is 10.9 Å². The molecule has 0 saturated heterocycles. The lowest BCUT2D eigenvalue weighted by Crippen LogP contribution is -2.26. The Hall–Kier alpha value is -3.13. The zero-order valence-corrected chi connectivity index (χ0v) is 15.6. The number of sulfonamides is 1. The molecule has 0 fully saturated rings. The third-order valence-corrected chi connectivity index (χ3v) is 6.23. The van der Waals surface area contributed by atoms with Gasteiger partial charge in [-0.25, -0.2) is 13.2 Å². The predicted octanol–water partition coefficient (Wildman–Crippen LogP) is 2.61. The smallest absolute Gasteiger partial charge is 0.341 e. The van der Waals surface area contributed by atoms with Gasteiger partial charge in [0.2, 0.25) is 5.43 Å². The number of hydrogen-bond donors (Lipinski definition) is 2. The van der Waals surface area contributed by atoms with Crippen LogP contribution in [0.15, 0.2) is 58.4 Å². The normalized spacial score (nSPS) is 11.5. The number of pyridine rings is 1. The molecule has 3 aromatic rings. The summed E-state index contributed by atoms with van der Waals surface area (Å²) >= 11 is 0.